The molecule has 0 unspecified atom stereocenters. The summed E-state index contributed by atoms with van der Waals surface area (Å²) in [7, 11) is 0. The van der Waals surface area contributed by atoms with Crippen LogP contribution in [0, 0.1) is 0 Å². The largest absolute Gasteiger partial charge is 0.298 e. The van der Waals surface area contributed by atoms with Crippen LogP contribution in [0.4, 0.5) is 0 Å². The molecular formula is C10H7N3O. The number of nitrogens with zero attached hydrogens (tertiary/aromatic N) is 3. The number of carbonyl (C=O) groups excluding carboxylic acids is 1. The van der Waals surface area contributed by atoms with E-state index >= 15 is 0 Å². The number of carbonyl (C=O) groups is 1. The van der Waals surface area contributed by atoms with Gasteiger partial charge in [0.25, 0.3) is 0 Å². The first-order valence-electron chi connectivity index (χ1n) is 4.11. The molecule has 0 radical (unpaired) electrons. The standard InChI is InChI=1S/C10H7N3O/c14-7-8-3-1-2-4-9(8)10-5-6-11-13-12-10/h1-7H. The van der Waals surface area contributed by atoms with Gasteiger partial charge in [0.2, 0.25) is 0 Å². The van der Waals surface area contributed by atoms with E-state index in [0.29, 0.717) is 11.3 Å². The highest BCUT2D eigenvalue weighted by Crippen LogP contribution is 2.18. The predicted octanol–water partition coefficient (Wildman–Crippen LogP) is 1.35. The van der Waals surface area contributed by atoms with Crippen LogP contribution in [0.25, 0.3) is 11.3 Å². The van der Waals surface area contributed by atoms with Gasteiger partial charge in [0.15, 0.2) is 6.29 Å². The third kappa shape index (κ3) is 1.50. The lowest BCUT2D eigenvalue weighted by atomic mass is 10.1. The van der Waals surface area contributed by atoms with Gasteiger partial charge in [-0.2, -0.15) is 0 Å². The van der Waals surface area contributed by atoms with Crippen LogP contribution >= 0.6 is 0 Å². The molecule has 4 nitrogen and oxygen atoms in total. The fraction of sp³-hybridized carbons (Fsp3) is 0. The first-order chi connectivity index (χ1) is 6.92. The molecule has 0 saturated heterocycles. The normalized spacial score (nSPS) is 9.71. The highest BCUT2D eigenvalue weighted by Gasteiger charge is 2.03. The number of aromatic nitrogens is 3. The maximum absolute atomic E-state index is 10.7. The molecule has 4 heteroatoms. The van der Waals surface area contributed by atoms with Gasteiger partial charge in [0.1, 0.15) is 0 Å². The van der Waals surface area contributed by atoms with Gasteiger partial charge in [0.05, 0.1) is 11.9 Å². The number of rotatable bonds is 2. The van der Waals surface area contributed by atoms with Crippen molar-refractivity contribution in [3.8, 4) is 11.3 Å². The molecule has 0 saturated carbocycles. The second-order valence-corrected chi connectivity index (χ2v) is 2.71. The van der Waals surface area contributed by atoms with E-state index in [-0.39, 0.29) is 0 Å². The summed E-state index contributed by atoms with van der Waals surface area (Å²) >= 11 is 0. The Balaban J connectivity index is 2.57. The van der Waals surface area contributed by atoms with Crippen LogP contribution in [-0.4, -0.2) is 21.7 Å². The summed E-state index contributed by atoms with van der Waals surface area (Å²) in [5, 5.41) is 10.9. The quantitative estimate of drug-likeness (QED) is 0.662. The minimum absolute atomic E-state index is 0.605. The number of benzene rings is 1. The van der Waals surface area contributed by atoms with Crippen LogP contribution in [0.1, 0.15) is 10.4 Å². The van der Waals surface area contributed by atoms with Crippen LogP contribution in [0.5, 0.6) is 0 Å². The van der Waals surface area contributed by atoms with Crippen LogP contribution in [0.3, 0.4) is 0 Å². The number of hydrogen-bond donors (Lipinski definition) is 0. The molecule has 1 aromatic carbocycles. The molecule has 0 aliphatic heterocycles. The van der Waals surface area contributed by atoms with E-state index in [0.717, 1.165) is 11.8 Å². The average Bonchev–Trinajstić information content (AvgIpc) is 2.30. The van der Waals surface area contributed by atoms with Crippen LogP contribution in [0.15, 0.2) is 36.5 Å². The Bertz CT molecular complexity index is 442. The topological polar surface area (TPSA) is 55.7 Å². The molecule has 0 fully saturated rings. The van der Waals surface area contributed by atoms with Gasteiger partial charge >= 0.3 is 0 Å². The van der Waals surface area contributed by atoms with Crippen molar-refractivity contribution < 1.29 is 4.79 Å². The maximum Gasteiger partial charge on any atom is 0.150 e. The minimum Gasteiger partial charge on any atom is -0.298 e. The Morgan fingerprint density at radius 2 is 2.00 bits per heavy atom. The van der Waals surface area contributed by atoms with Crippen LogP contribution in [0.2, 0.25) is 0 Å². The minimum atomic E-state index is 0.605. The van der Waals surface area contributed by atoms with Gasteiger partial charge in [-0.1, -0.05) is 24.3 Å². The summed E-state index contributed by atoms with van der Waals surface area (Å²) in [5.74, 6) is 0. The molecule has 1 aromatic heterocycles. The molecule has 2 rings (SSSR count). The van der Waals surface area contributed by atoms with Crippen molar-refractivity contribution >= 4 is 6.29 Å². The predicted molar refractivity (Wildman–Crippen MR) is 50.7 cm³/mol. The monoisotopic (exact) mass is 185 g/mol. The second-order valence-electron chi connectivity index (χ2n) is 2.71. The van der Waals surface area contributed by atoms with Gasteiger partial charge in [-0.05, 0) is 11.3 Å². The van der Waals surface area contributed by atoms with Gasteiger partial charge in [0, 0.05) is 11.1 Å². The lowest BCUT2D eigenvalue weighted by Crippen LogP contribution is -1.92. The molecule has 2 aromatic rings. The summed E-state index contributed by atoms with van der Waals surface area (Å²) in [5.41, 5.74) is 2.04. The first-order valence-corrected chi connectivity index (χ1v) is 4.11. The molecule has 0 atom stereocenters. The van der Waals surface area contributed by atoms with E-state index in [2.05, 4.69) is 15.4 Å². The Labute approximate surface area is 80.6 Å². The zero-order valence-corrected chi connectivity index (χ0v) is 7.29. The third-order valence-electron chi connectivity index (χ3n) is 1.87. The summed E-state index contributed by atoms with van der Waals surface area (Å²) in [4.78, 5) is 10.7. The maximum atomic E-state index is 10.7. The zero-order valence-electron chi connectivity index (χ0n) is 7.29. The van der Waals surface area contributed by atoms with E-state index in [4.69, 9.17) is 0 Å². The molecule has 14 heavy (non-hydrogen) atoms. The number of hydrogen-bond acceptors (Lipinski definition) is 4. The van der Waals surface area contributed by atoms with Crippen LogP contribution < -0.4 is 0 Å². The summed E-state index contributed by atoms with van der Waals surface area (Å²) < 4.78 is 0. The van der Waals surface area contributed by atoms with Crippen molar-refractivity contribution in [2.24, 2.45) is 0 Å². The summed E-state index contributed by atoms with van der Waals surface area (Å²) in [6.45, 7) is 0. The van der Waals surface area contributed by atoms with Crippen molar-refractivity contribution in [3.63, 3.8) is 0 Å². The van der Waals surface area contributed by atoms with E-state index in [9.17, 15) is 4.79 Å². The van der Waals surface area contributed by atoms with Crippen LogP contribution in [-0.2, 0) is 0 Å². The Hall–Kier alpha value is -2.10. The Kier molecular flexibility index (Phi) is 2.27. The van der Waals surface area contributed by atoms with Gasteiger partial charge in [-0.3, -0.25) is 4.79 Å². The first kappa shape index (κ1) is 8.50. The van der Waals surface area contributed by atoms with E-state index in [1.807, 2.05) is 18.2 Å². The lowest BCUT2D eigenvalue weighted by molar-refractivity contribution is 0.112. The molecule has 0 aliphatic carbocycles. The summed E-state index contributed by atoms with van der Waals surface area (Å²) in [6, 6.07) is 8.94. The third-order valence-corrected chi connectivity index (χ3v) is 1.87. The summed E-state index contributed by atoms with van der Waals surface area (Å²) in [6.07, 6.45) is 2.35. The zero-order chi connectivity index (χ0) is 9.80. The molecule has 0 spiro atoms. The van der Waals surface area contributed by atoms with Gasteiger partial charge in [-0.25, -0.2) is 0 Å². The average molecular weight is 185 g/mol. The molecule has 0 aliphatic rings. The SMILES string of the molecule is O=Cc1ccccc1-c1ccnnn1. The molecule has 0 bridgehead atoms. The van der Waals surface area contributed by atoms with E-state index in [1.165, 1.54) is 0 Å². The van der Waals surface area contributed by atoms with E-state index in [1.54, 1.807) is 18.3 Å². The molecule has 68 valence electrons. The van der Waals surface area contributed by atoms with Crippen molar-refractivity contribution in [2.45, 2.75) is 0 Å². The smallest absolute Gasteiger partial charge is 0.150 e. The molecular weight excluding hydrogens is 178 g/mol. The molecule has 0 amide bonds. The fourth-order valence-corrected chi connectivity index (χ4v) is 1.22. The lowest BCUT2D eigenvalue weighted by Gasteiger charge is -2.00. The van der Waals surface area contributed by atoms with Crippen molar-refractivity contribution in [1.82, 2.24) is 15.4 Å². The second kappa shape index (κ2) is 3.74. The van der Waals surface area contributed by atoms with Crippen molar-refractivity contribution in [2.75, 3.05) is 0 Å². The highest BCUT2D eigenvalue weighted by molar-refractivity contribution is 5.86. The van der Waals surface area contributed by atoms with Crippen molar-refractivity contribution in [1.29, 1.82) is 0 Å². The van der Waals surface area contributed by atoms with Crippen molar-refractivity contribution in [3.05, 3.63) is 42.1 Å². The molecule has 1 heterocycles. The van der Waals surface area contributed by atoms with Gasteiger partial charge in [-0.15, -0.1) is 10.2 Å². The highest BCUT2D eigenvalue weighted by atomic mass is 16.1. The molecule has 0 N–H and O–H groups in total. The number of aldehydes is 1. The van der Waals surface area contributed by atoms with E-state index < -0.39 is 0 Å². The Morgan fingerprint density at radius 3 is 2.71 bits per heavy atom. The fourth-order valence-electron chi connectivity index (χ4n) is 1.22. The van der Waals surface area contributed by atoms with Gasteiger partial charge < -0.3 is 0 Å². The Morgan fingerprint density at radius 1 is 1.14 bits per heavy atom.